The van der Waals surface area contributed by atoms with Crippen molar-refractivity contribution in [3.63, 3.8) is 0 Å². The van der Waals surface area contributed by atoms with Crippen molar-refractivity contribution in [3.8, 4) is 5.88 Å². The Hall–Kier alpha value is -2.37. The number of aromatic nitrogens is 1. The maximum absolute atomic E-state index is 12.7. The van der Waals surface area contributed by atoms with Gasteiger partial charge in [-0.15, -0.1) is 0 Å². The normalized spacial score (nSPS) is 10.1. The lowest BCUT2D eigenvalue weighted by Gasteiger charge is -2.01. The number of rotatable bonds is 4. The van der Waals surface area contributed by atoms with Gasteiger partial charge in [0.15, 0.2) is 0 Å². The van der Waals surface area contributed by atoms with Gasteiger partial charge in [-0.2, -0.15) is 0 Å². The van der Waals surface area contributed by atoms with Crippen LogP contribution in [0.1, 0.15) is 16.1 Å². The highest BCUT2D eigenvalue weighted by Crippen LogP contribution is 2.14. The lowest BCUT2D eigenvalue weighted by molar-refractivity contribution is 0.0554. The molecule has 0 aliphatic rings. The molecule has 0 aliphatic heterocycles. The summed E-state index contributed by atoms with van der Waals surface area (Å²) in [6.45, 7) is 0.202. The monoisotopic (exact) mass is 251 g/mol. The Labute approximate surface area is 102 Å². The molecule has 0 amide bonds. The molecule has 0 N–H and O–H groups in total. The van der Waals surface area contributed by atoms with Crippen molar-refractivity contribution in [2.24, 2.45) is 0 Å². The molecule has 5 nitrogen and oxygen atoms in total. The van der Waals surface area contributed by atoms with E-state index in [1.807, 2.05) is 0 Å². The molecule has 0 spiro atoms. The molecule has 2 rings (SSSR count). The van der Waals surface area contributed by atoms with Crippen molar-refractivity contribution in [2.45, 2.75) is 6.61 Å². The number of hydrogen-bond acceptors (Lipinski definition) is 5. The quantitative estimate of drug-likeness (QED) is 0.779. The van der Waals surface area contributed by atoms with Crippen molar-refractivity contribution in [1.29, 1.82) is 0 Å². The first-order valence-electron chi connectivity index (χ1n) is 5.11. The number of carbonyl (C=O) groups is 1. The highest BCUT2D eigenvalue weighted by Gasteiger charge is 2.13. The third kappa shape index (κ3) is 2.85. The van der Waals surface area contributed by atoms with Crippen molar-refractivity contribution in [3.05, 3.63) is 47.5 Å². The highest BCUT2D eigenvalue weighted by molar-refractivity contribution is 5.86. The van der Waals surface area contributed by atoms with E-state index in [9.17, 15) is 9.18 Å². The van der Waals surface area contributed by atoms with Crippen LogP contribution in [0.2, 0.25) is 0 Å². The highest BCUT2D eigenvalue weighted by atomic mass is 19.1. The minimum Gasteiger partial charge on any atom is -0.471 e. The van der Waals surface area contributed by atoms with Crippen molar-refractivity contribution in [2.75, 3.05) is 7.11 Å². The second kappa shape index (κ2) is 5.31. The molecule has 18 heavy (non-hydrogen) atoms. The van der Waals surface area contributed by atoms with Crippen LogP contribution < -0.4 is 4.74 Å². The number of halogens is 1. The number of esters is 1. The number of methoxy groups -OCH3 is 1. The van der Waals surface area contributed by atoms with Crippen LogP contribution in [0.4, 0.5) is 4.39 Å². The van der Waals surface area contributed by atoms with Gasteiger partial charge in [0.2, 0.25) is 5.76 Å². The smallest absolute Gasteiger partial charge is 0.377 e. The predicted molar refractivity (Wildman–Crippen MR) is 58.6 cm³/mol. The molecule has 94 valence electrons. The molecule has 6 heteroatoms. The van der Waals surface area contributed by atoms with Crippen LogP contribution in [-0.4, -0.2) is 18.2 Å². The molecule has 0 saturated heterocycles. The van der Waals surface area contributed by atoms with Gasteiger partial charge in [-0.05, 0) is 22.9 Å². The maximum atomic E-state index is 12.7. The first-order chi connectivity index (χ1) is 8.69. The van der Waals surface area contributed by atoms with Gasteiger partial charge in [-0.3, -0.25) is 0 Å². The van der Waals surface area contributed by atoms with Crippen LogP contribution in [0.15, 0.2) is 34.9 Å². The first-order valence-corrected chi connectivity index (χ1v) is 5.11. The third-order valence-corrected chi connectivity index (χ3v) is 2.18. The summed E-state index contributed by atoms with van der Waals surface area (Å²) in [6.07, 6.45) is 0. The van der Waals surface area contributed by atoms with Gasteiger partial charge in [-0.1, -0.05) is 12.1 Å². The average molecular weight is 251 g/mol. The summed E-state index contributed by atoms with van der Waals surface area (Å²) in [6, 6.07) is 7.19. The molecule has 0 fully saturated rings. The summed E-state index contributed by atoms with van der Waals surface area (Å²) in [5.74, 6) is -0.807. The zero-order valence-corrected chi connectivity index (χ0v) is 9.55. The number of ether oxygens (including phenoxy) is 2. The Morgan fingerprint density at radius 1 is 1.39 bits per heavy atom. The fourth-order valence-electron chi connectivity index (χ4n) is 1.26. The molecule has 0 aliphatic carbocycles. The van der Waals surface area contributed by atoms with Gasteiger partial charge in [-0.25, -0.2) is 9.18 Å². The zero-order chi connectivity index (χ0) is 13.0. The fourth-order valence-corrected chi connectivity index (χ4v) is 1.26. The van der Waals surface area contributed by atoms with E-state index in [1.54, 1.807) is 12.1 Å². The molecule has 0 bridgehead atoms. The number of nitrogens with zero attached hydrogens (tertiary/aromatic N) is 1. The molecule has 1 aromatic carbocycles. The summed E-state index contributed by atoms with van der Waals surface area (Å²) < 4.78 is 27.1. The minimum atomic E-state index is -0.626. The van der Waals surface area contributed by atoms with Gasteiger partial charge < -0.3 is 14.0 Å². The minimum absolute atomic E-state index is 0.0355. The lowest BCUT2D eigenvalue weighted by Crippen LogP contribution is -1.98. The summed E-state index contributed by atoms with van der Waals surface area (Å²) in [5.41, 5.74) is 0.777. The maximum Gasteiger partial charge on any atom is 0.377 e. The summed E-state index contributed by atoms with van der Waals surface area (Å²) >= 11 is 0. The molecule has 0 unspecified atom stereocenters. The Bertz CT molecular complexity index is 535. The van der Waals surface area contributed by atoms with E-state index in [0.29, 0.717) is 0 Å². The predicted octanol–water partition coefficient (Wildman–Crippen LogP) is 2.18. The van der Waals surface area contributed by atoms with Crippen LogP contribution in [0.3, 0.4) is 0 Å². The second-order valence-electron chi connectivity index (χ2n) is 3.44. The molecule has 1 aromatic heterocycles. The van der Waals surface area contributed by atoms with Crippen LogP contribution >= 0.6 is 0 Å². The molecule has 0 atom stereocenters. The summed E-state index contributed by atoms with van der Waals surface area (Å²) in [4.78, 5) is 11.1. The van der Waals surface area contributed by atoms with E-state index in [-0.39, 0.29) is 24.1 Å². The van der Waals surface area contributed by atoms with E-state index in [4.69, 9.17) is 9.26 Å². The SMILES string of the molecule is COC(=O)c1cc(OCc2ccc(F)cc2)no1. The Morgan fingerprint density at radius 2 is 2.11 bits per heavy atom. The Kier molecular flexibility index (Phi) is 3.57. The van der Waals surface area contributed by atoms with E-state index in [1.165, 1.54) is 25.3 Å². The van der Waals surface area contributed by atoms with Gasteiger partial charge in [0, 0.05) is 0 Å². The van der Waals surface area contributed by atoms with E-state index < -0.39 is 5.97 Å². The Morgan fingerprint density at radius 3 is 2.78 bits per heavy atom. The lowest BCUT2D eigenvalue weighted by atomic mass is 10.2. The van der Waals surface area contributed by atoms with Crippen LogP contribution in [0, 0.1) is 5.82 Å². The second-order valence-corrected chi connectivity index (χ2v) is 3.44. The zero-order valence-electron chi connectivity index (χ0n) is 9.55. The van der Waals surface area contributed by atoms with Gasteiger partial charge in [0.05, 0.1) is 13.2 Å². The molecular weight excluding hydrogens is 241 g/mol. The number of hydrogen-bond donors (Lipinski definition) is 0. The third-order valence-electron chi connectivity index (χ3n) is 2.18. The molecular formula is C12H10FNO4. The standard InChI is InChI=1S/C12H10FNO4/c1-16-12(15)10-6-11(14-18-10)17-7-8-2-4-9(13)5-3-8/h2-6H,7H2,1H3. The molecule has 2 aromatic rings. The largest absolute Gasteiger partial charge is 0.471 e. The van der Waals surface area contributed by atoms with E-state index >= 15 is 0 Å². The van der Waals surface area contributed by atoms with Gasteiger partial charge in [0.1, 0.15) is 12.4 Å². The van der Waals surface area contributed by atoms with Gasteiger partial charge >= 0.3 is 5.97 Å². The Balaban J connectivity index is 1.96. The topological polar surface area (TPSA) is 61.6 Å². The summed E-state index contributed by atoms with van der Waals surface area (Å²) in [7, 11) is 1.24. The van der Waals surface area contributed by atoms with Gasteiger partial charge in [0.25, 0.3) is 5.88 Å². The molecule has 0 radical (unpaired) electrons. The number of benzene rings is 1. The fraction of sp³-hybridized carbons (Fsp3) is 0.167. The number of carbonyl (C=O) groups excluding carboxylic acids is 1. The van der Waals surface area contributed by atoms with Crippen LogP contribution in [0.5, 0.6) is 5.88 Å². The van der Waals surface area contributed by atoms with E-state index in [0.717, 1.165) is 5.56 Å². The van der Waals surface area contributed by atoms with E-state index in [2.05, 4.69) is 9.89 Å². The summed E-state index contributed by atoms with van der Waals surface area (Å²) in [5, 5.41) is 3.55. The molecule has 1 heterocycles. The molecule has 0 saturated carbocycles. The van der Waals surface area contributed by atoms with Crippen LogP contribution in [0.25, 0.3) is 0 Å². The van der Waals surface area contributed by atoms with Crippen LogP contribution in [-0.2, 0) is 11.3 Å². The van der Waals surface area contributed by atoms with Crippen molar-refractivity contribution < 1.29 is 23.2 Å². The average Bonchev–Trinajstić information content (AvgIpc) is 2.86. The van der Waals surface area contributed by atoms with Crippen molar-refractivity contribution in [1.82, 2.24) is 5.16 Å². The van der Waals surface area contributed by atoms with Crippen molar-refractivity contribution >= 4 is 5.97 Å². The first kappa shape index (κ1) is 12.1.